The van der Waals surface area contributed by atoms with Gasteiger partial charge in [0.2, 0.25) is 0 Å². The van der Waals surface area contributed by atoms with E-state index in [1.807, 2.05) is 0 Å². The van der Waals surface area contributed by atoms with Crippen molar-refractivity contribution < 1.29 is 0 Å². The molecule has 1 aromatic rings. The molecule has 32 heavy (non-hydrogen) atoms. The Morgan fingerprint density at radius 2 is 1.72 bits per heavy atom. The highest BCUT2D eigenvalue weighted by Crippen LogP contribution is 2.61. The molecule has 4 atom stereocenters. The number of nitrogens with two attached hydrogens (primary N) is 1. The number of hydrogen-bond acceptors (Lipinski definition) is 2. The van der Waals surface area contributed by atoms with Crippen molar-refractivity contribution in [2.24, 2.45) is 28.9 Å². The summed E-state index contributed by atoms with van der Waals surface area (Å²) in [7, 11) is 0. The number of thiocarbonyl (C=S) groups is 1. The highest BCUT2D eigenvalue weighted by atomic mass is 35.5. The summed E-state index contributed by atoms with van der Waals surface area (Å²) < 4.78 is 0. The van der Waals surface area contributed by atoms with Crippen LogP contribution in [0.4, 0.5) is 0 Å². The molecule has 3 N–H and O–H groups in total. The topological polar surface area (TPSA) is 38.0 Å². The maximum Gasteiger partial charge on any atom is 0.0818 e. The van der Waals surface area contributed by atoms with Gasteiger partial charge in [-0.15, -0.1) is 11.6 Å². The van der Waals surface area contributed by atoms with Gasteiger partial charge in [0.05, 0.1) is 4.99 Å². The van der Waals surface area contributed by atoms with Gasteiger partial charge in [-0.2, -0.15) is 0 Å². The molecule has 0 heterocycles. The third-order valence-electron chi connectivity index (χ3n) is 9.10. The second-order valence-corrected chi connectivity index (χ2v) is 12.1. The second-order valence-electron chi connectivity index (χ2n) is 11.3. The van der Waals surface area contributed by atoms with Gasteiger partial charge in [-0.3, -0.25) is 0 Å². The van der Waals surface area contributed by atoms with Crippen molar-refractivity contribution in [3.8, 4) is 0 Å². The summed E-state index contributed by atoms with van der Waals surface area (Å²) in [5.41, 5.74) is 7.88. The van der Waals surface area contributed by atoms with Crippen LogP contribution in [0.3, 0.4) is 0 Å². The fourth-order valence-corrected chi connectivity index (χ4v) is 8.15. The van der Waals surface area contributed by atoms with Crippen molar-refractivity contribution in [3.63, 3.8) is 0 Å². The fourth-order valence-electron chi connectivity index (χ4n) is 7.59. The molecule has 4 heteroatoms. The first-order chi connectivity index (χ1) is 15.5. The molecule has 0 radical (unpaired) electrons. The van der Waals surface area contributed by atoms with Crippen molar-refractivity contribution in [2.75, 3.05) is 12.4 Å². The summed E-state index contributed by atoms with van der Waals surface area (Å²) >= 11 is 12.5. The van der Waals surface area contributed by atoms with E-state index < -0.39 is 0 Å². The van der Waals surface area contributed by atoms with Gasteiger partial charge in [0.25, 0.3) is 0 Å². The van der Waals surface area contributed by atoms with E-state index in [1.54, 1.807) is 5.56 Å². The van der Waals surface area contributed by atoms with Crippen LogP contribution in [-0.4, -0.2) is 23.5 Å². The molecule has 0 aromatic heterocycles. The highest BCUT2D eigenvalue weighted by Gasteiger charge is 2.55. The maximum atomic E-state index is 6.31. The molecule has 3 fully saturated rings. The average molecular weight is 475 g/mol. The Balaban J connectivity index is 1.61. The normalized spacial score (nSPS) is 37.1. The molecule has 0 saturated heterocycles. The zero-order valence-electron chi connectivity index (χ0n) is 20.0. The molecule has 3 aliphatic carbocycles. The smallest absolute Gasteiger partial charge is 0.0818 e. The predicted molar refractivity (Wildman–Crippen MR) is 141 cm³/mol. The molecule has 2 bridgehead atoms. The van der Waals surface area contributed by atoms with Gasteiger partial charge in [0, 0.05) is 17.3 Å². The number of benzene rings is 1. The third-order valence-corrected chi connectivity index (χ3v) is 9.92. The van der Waals surface area contributed by atoms with E-state index in [9.17, 15) is 0 Å². The standard InChI is InChI=1S/C28H43ClN2S/c1-2-21-15-27(24-8-4-3-5-9-24)17-23(7-6-14-29)18-28(16-21,20-27)26(32)31-25-12-10-22(19-30)11-13-25/h3-5,8-9,21-23,25H,2,6-7,10-20,30H2,1H3,(H,31,32). The molecule has 0 aliphatic heterocycles. The third kappa shape index (κ3) is 5.20. The van der Waals surface area contributed by atoms with E-state index >= 15 is 0 Å². The van der Waals surface area contributed by atoms with Crippen LogP contribution in [0.25, 0.3) is 0 Å². The van der Waals surface area contributed by atoms with Crippen LogP contribution >= 0.6 is 23.8 Å². The van der Waals surface area contributed by atoms with Crippen molar-refractivity contribution in [1.82, 2.24) is 5.32 Å². The van der Waals surface area contributed by atoms with E-state index in [0.29, 0.717) is 17.9 Å². The van der Waals surface area contributed by atoms with E-state index in [0.717, 1.165) is 24.8 Å². The Morgan fingerprint density at radius 1 is 1.03 bits per heavy atom. The summed E-state index contributed by atoms with van der Waals surface area (Å²) in [4.78, 5) is 1.18. The Kier molecular flexibility index (Phi) is 8.22. The minimum Gasteiger partial charge on any atom is -0.376 e. The fraction of sp³-hybridized carbons (Fsp3) is 0.750. The summed E-state index contributed by atoms with van der Waals surface area (Å²) in [5.74, 6) is 2.95. The van der Waals surface area contributed by atoms with E-state index in [-0.39, 0.29) is 10.8 Å². The van der Waals surface area contributed by atoms with Gasteiger partial charge < -0.3 is 11.1 Å². The summed E-state index contributed by atoms with van der Waals surface area (Å²) in [6, 6.07) is 11.9. The lowest BCUT2D eigenvalue weighted by molar-refractivity contribution is 0.0255. The minimum absolute atomic E-state index is 0.143. The van der Waals surface area contributed by atoms with Crippen molar-refractivity contribution in [3.05, 3.63) is 35.9 Å². The molecule has 4 rings (SSSR count). The van der Waals surface area contributed by atoms with Gasteiger partial charge in [-0.25, -0.2) is 0 Å². The van der Waals surface area contributed by atoms with E-state index in [1.165, 1.54) is 75.6 Å². The SMILES string of the molecule is CCC1CC2(C(=S)NC3CCC(CN)CC3)CC(CCCCl)CC(c3ccccc3)(C1)C2. The number of nitrogens with one attached hydrogen (secondary N) is 1. The Labute approximate surface area is 206 Å². The van der Waals surface area contributed by atoms with Gasteiger partial charge >= 0.3 is 0 Å². The zero-order valence-corrected chi connectivity index (χ0v) is 21.5. The number of alkyl halides is 1. The quantitative estimate of drug-likeness (QED) is 0.315. The number of halogens is 1. The molecule has 3 saturated carbocycles. The lowest BCUT2D eigenvalue weighted by atomic mass is 9.47. The molecule has 1 aromatic carbocycles. The molecule has 178 valence electrons. The van der Waals surface area contributed by atoms with Gasteiger partial charge in [-0.05, 0) is 106 Å². The van der Waals surface area contributed by atoms with Crippen molar-refractivity contribution in [1.29, 1.82) is 0 Å². The summed E-state index contributed by atoms with van der Waals surface area (Å²) in [6.45, 7) is 3.22. The molecule has 0 spiro atoms. The van der Waals surface area contributed by atoms with Crippen LogP contribution in [-0.2, 0) is 5.41 Å². The Hall–Kier alpha value is -0.640. The zero-order chi connectivity index (χ0) is 22.6. The Morgan fingerprint density at radius 3 is 2.38 bits per heavy atom. The average Bonchev–Trinajstić information content (AvgIpc) is 2.83. The Bertz CT molecular complexity index is 747. The van der Waals surface area contributed by atoms with E-state index in [4.69, 9.17) is 29.6 Å². The van der Waals surface area contributed by atoms with Crippen molar-refractivity contribution in [2.45, 2.75) is 95.4 Å². The number of fused-ring (bicyclic) bond motifs is 2. The van der Waals surface area contributed by atoms with Crippen LogP contribution < -0.4 is 11.1 Å². The van der Waals surface area contributed by atoms with Crippen LogP contribution in [0.15, 0.2) is 30.3 Å². The minimum atomic E-state index is 0.143. The lowest BCUT2D eigenvalue weighted by Gasteiger charge is -2.58. The lowest BCUT2D eigenvalue weighted by Crippen LogP contribution is -2.56. The largest absolute Gasteiger partial charge is 0.376 e. The van der Waals surface area contributed by atoms with Crippen LogP contribution in [0.2, 0.25) is 0 Å². The van der Waals surface area contributed by atoms with Crippen LogP contribution in [0.1, 0.15) is 89.5 Å². The molecule has 4 unspecified atom stereocenters. The number of hydrogen-bond donors (Lipinski definition) is 2. The summed E-state index contributed by atoms with van der Waals surface area (Å²) in [6.07, 6.45) is 14.9. The molecular formula is C28H43ClN2S. The number of rotatable bonds is 8. The molecule has 3 aliphatic rings. The summed E-state index contributed by atoms with van der Waals surface area (Å²) in [5, 5.41) is 3.93. The molecule has 2 nitrogen and oxygen atoms in total. The predicted octanol–water partition coefficient (Wildman–Crippen LogP) is 6.98. The van der Waals surface area contributed by atoms with E-state index in [2.05, 4.69) is 42.6 Å². The first-order valence-corrected chi connectivity index (χ1v) is 14.1. The monoisotopic (exact) mass is 474 g/mol. The second kappa shape index (κ2) is 10.7. The van der Waals surface area contributed by atoms with Gasteiger partial charge in [0.1, 0.15) is 0 Å². The van der Waals surface area contributed by atoms with Crippen LogP contribution in [0, 0.1) is 23.2 Å². The first-order valence-electron chi connectivity index (χ1n) is 13.1. The van der Waals surface area contributed by atoms with Gasteiger partial charge in [-0.1, -0.05) is 55.9 Å². The van der Waals surface area contributed by atoms with Crippen LogP contribution in [0.5, 0.6) is 0 Å². The van der Waals surface area contributed by atoms with Gasteiger partial charge in [0.15, 0.2) is 0 Å². The first kappa shape index (κ1) is 24.5. The molecular weight excluding hydrogens is 432 g/mol. The maximum absolute atomic E-state index is 6.31. The van der Waals surface area contributed by atoms with Crippen molar-refractivity contribution >= 4 is 28.8 Å². The molecule has 0 amide bonds. The highest BCUT2D eigenvalue weighted by molar-refractivity contribution is 7.80.